The van der Waals surface area contributed by atoms with Gasteiger partial charge in [-0.15, -0.1) is 0 Å². The summed E-state index contributed by atoms with van der Waals surface area (Å²) in [6, 6.07) is 0. The van der Waals surface area contributed by atoms with Crippen LogP contribution in [0.5, 0.6) is 0 Å². The molecule has 2 atom stereocenters. The largest absolute Gasteiger partial charge is 0.481 e. The number of aliphatic carboxylic acids is 1. The molecule has 0 heterocycles. The van der Waals surface area contributed by atoms with Crippen LogP contribution in [0.15, 0.2) is 0 Å². The molecule has 3 heteroatoms. The first kappa shape index (κ1) is 11.4. The summed E-state index contributed by atoms with van der Waals surface area (Å²) in [6.07, 6.45) is 2.90. The fourth-order valence-corrected chi connectivity index (χ4v) is 1.39. The van der Waals surface area contributed by atoms with E-state index in [1.165, 1.54) is 0 Å². The van der Waals surface area contributed by atoms with Crippen molar-refractivity contribution in [1.82, 2.24) is 0 Å². The molecular weight excluding hydrogens is 154 g/mol. The lowest BCUT2D eigenvalue weighted by Crippen LogP contribution is -2.25. The Bertz CT molecular complexity index is 136. The molecule has 0 aliphatic carbocycles. The van der Waals surface area contributed by atoms with Crippen LogP contribution in [0.2, 0.25) is 0 Å². The fraction of sp³-hybridized carbons (Fsp3) is 0.889. The number of carboxylic acids is 1. The second-order valence-corrected chi connectivity index (χ2v) is 3.40. The Balaban J connectivity index is 3.77. The number of hydrogen-bond acceptors (Lipinski definition) is 2. The lowest BCUT2D eigenvalue weighted by atomic mass is 9.93. The molecule has 0 bridgehead atoms. The molecular formula is C9H19NO2. The highest BCUT2D eigenvalue weighted by Crippen LogP contribution is 2.16. The third kappa shape index (κ3) is 4.34. The van der Waals surface area contributed by atoms with Crippen molar-refractivity contribution in [1.29, 1.82) is 0 Å². The molecule has 72 valence electrons. The minimum Gasteiger partial charge on any atom is -0.481 e. The van der Waals surface area contributed by atoms with Gasteiger partial charge in [-0.05, 0) is 12.3 Å². The zero-order chi connectivity index (χ0) is 9.56. The van der Waals surface area contributed by atoms with Gasteiger partial charge in [0.2, 0.25) is 0 Å². The van der Waals surface area contributed by atoms with E-state index in [-0.39, 0.29) is 12.5 Å². The highest BCUT2D eigenvalue weighted by Gasteiger charge is 2.17. The van der Waals surface area contributed by atoms with E-state index < -0.39 is 5.97 Å². The second kappa shape index (κ2) is 6.00. The van der Waals surface area contributed by atoms with Gasteiger partial charge in [0.15, 0.2) is 0 Å². The van der Waals surface area contributed by atoms with Gasteiger partial charge in [-0.1, -0.05) is 26.7 Å². The van der Waals surface area contributed by atoms with E-state index in [1.807, 2.05) is 0 Å². The monoisotopic (exact) mass is 173 g/mol. The van der Waals surface area contributed by atoms with Crippen LogP contribution in [0.3, 0.4) is 0 Å². The molecule has 0 radical (unpaired) electrons. The normalized spacial score (nSPS) is 15.6. The Hall–Kier alpha value is -0.570. The molecule has 0 rings (SSSR count). The average Bonchev–Trinajstić information content (AvgIpc) is 2.00. The molecule has 0 aromatic carbocycles. The third-order valence-electron chi connectivity index (χ3n) is 2.10. The third-order valence-corrected chi connectivity index (χ3v) is 2.10. The van der Waals surface area contributed by atoms with E-state index >= 15 is 0 Å². The lowest BCUT2D eigenvalue weighted by molar-refractivity contribution is -0.141. The van der Waals surface area contributed by atoms with Crippen molar-refractivity contribution >= 4 is 5.97 Å². The highest BCUT2D eigenvalue weighted by molar-refractivity contribution is 5.70. The molecule has 0 fully saturated rings. The molecule has 0 saturated heterocycles. The zero-order valence-corrected chi connectivity index (χ0v) is 7.92. The Morgan fingerprint density at radius 3 is 2.50 bits per heavy atom. The van der Waals surface area contributed by atoms with E-state index in [0.29, 0.717) is 12.3 Å². The molecule has 0 aliphatic heterocycles. The smallest absolute Gasteiger partial charge is 0.307 e. The lowest BCUT2D eigenvalue weighted by Gasteiger charge is -2.14. The summed E-state index contributed by atoms with van der Waals surface area (Å²) in [6.45, 7) is 4.44. The first-order valence-corrected chi connectivity index (χ1v) is 4.54. The first-order valence-electron chi connectivity index (χ1n) is 4.54. The fourth-order valence-electron chi connectivity index (χ4n) is 1.39. The summed E-state index contributed by atoms with van der Waals surface area (Å²) in [5, 5.41) is 8.71. The molecule has 0 amide bonds. The molecule has 0 aromatic heterocycles. The standard InChI is InChI=1S/C9H19NO2/c1-3-4-7(2)5-8(6-10)9(11)12/h7-8H,3-6,10H2,1-2H3,(H,11,12)/t7-,8+/m0/s1. The van der Waals surface area contributed by atoms with Gasteiger partial charge < -0.3 is 10.8 Å². The molecule has 0 aromatic rings. The van der Waals surface area contributed by atoms with Crippen LogP contribution in [0.4, 0.5) is 0 Å². The summed E-state index contributed by atoms with van der Waals surface area (Å²) < 4.78 is 0. The van der Waals surface area contributed by atoms with Crippen molar-refractivity contribution in [2.45, 2.75) is 33.1 Å². The Morgan fingerprint density at radius 2 is 2.17 bits per heavy atom. The van der Waals surface area contributed by atoms with Crippen molar-refractivity contribution in [3.63, 3.8) is 0 Å². The number of carboxylic acid groups (broad SMARTS) is 1. The van der Waals surface area contributed by atoms with Crippen molar-refractivity contribution < 1.29 is 9.90 Å². The molecule has 0 aliphatic rings. The molecule has 3 nitrogen and oxygen atoms in total. The molecule has 3 N–H and O–H groups in total. The molecule has 0 unspecified atom stereocenters. The maximum absolute atomic E-state index is 10.6. The van der Waals surface area contributed by atoms with E-state index in [4.69, 9.17) is 10.8 Å². The molecule has 0 saturated carbocycles. The summed E-state index contributed by atoms with van der Waals surface area (Å²) in [4.78, 5) is 10.6. The van der Waals surface area contributed by atoms with Crippen LogP contribution in [0.25, 0.3) is 0 Å². The van der Waals surface area contributed by atoms with E-state index in [1.54, 1.807) is 0 Å². The number of carbonyl (C=O) groups is 1. The average molecular weight is 173 g/mol. The van der Waals surface area contributed by atoms with Gasteiger partial charge in [0.1, 0.15) is 0 Å². The summed E-state index contributed by atoms with van der Waals surface area (Å²) in [5.41, 5.74) is 5.34. The minimum absolute atomic E-state index is 0.253. The van der Waals surface area contributed by atoms with Gasteiger partial charge in [-0.3, -0.25) is 4.79 Å². The van der Waals surface area contributed by atoms with Crippen molar-refractivity contribution in [3.05, 3.63) is 0 Å². The predicted octanol–water partition coefficient (Wildman–Crippen LogP) is 1.47. The van der Waals surface area contributed by atoms with Gasteiger partial charge in [0.25, 0.3) is 0 Å². The summed E-state index contributed by atoms with van der Waals surface area (Å²) in [7, 11) is 0. The first-order chi connectivity index (χ1) is 5.61. The van der Waals surface area contributed by atoms with Gasteiger partial charge >= 0.3 is 5.97 Å². The van der Waals surface area contributed by atoms with Gasteiger partial charge in [0.05, 0.1) is 5.92 Å². The predicted molar refractivity (Wildman–Crippen MR) is 48.9 cm³/mol. The van der Waals surface area contributed by atoms with Crippen molar-refractivity contribution in [2.75, 3.05) is 6.54 Å². The maximum Gasteiger partial charge on any atom is 0.307 e. The van der Waals surface area contributed by atoms with E-state index in [2.05, 4.69) is 13.8 Å². The van der Waals surface area contributed by atoms with Crippen LogP contribution in [0.1, 0.15) is 33.1 Å². The van der Waals surface area contributed by atoms with E-state index in [0.717, 1.165) is 12.8 Å². The zero-order valence-electron chi connectivity index (χ0n) is 7.92. The number of hydrogen-bond donors (Lipinski definition) is 2. The Labute approximate surface area is 74.0 Å². The summed E-state index contributed by atoms with van der Waals surface area (Å²) in [5.74, 6) is -0.647. The highest BCUT2D eigenvalue weighted by atomic mass is 16.4. The molecule has 0 spiro atoms. The van der Waals surface area contributed by atoms with Crippen LogP contribution in [0, 0.1) is 11.8 Å². The SMILES string of the molecule is CCC[C@H](C)C[C@H](CN)C(=O)O. The van der Waals surface area contributed by atoms with Gasteiger partial charge in [-0.2, -0.15) is 0 Å². The van der Waals surface area contributed by atoms with Crippen LogP contribution < -0.4 is 5.73 Å². The summed E-state index contributed by atoms with van der Waals surface area (Å²) >= 11 is 0. The molecule has 12 heavy (non-hydrogen) atoms. The minimum atomic E-state index is -0.763. The topological polar surface area (TPSA) is 63.3 Å². The van der Waals surface area contributed by atoms with Gasteiger partial charge in [-0.25, -0.2) is 0 Å². The maximum atomic E-state index is 10.6. The van der Waals surface area contributed by atoms with Crippen molar-refractivity contribution in [2.24, 2.45) is 17.6 Å². The van der Waals surface area contributed by atoms with Crippen molar-refractivity contribution in [3.8, 4) is 0 Å². The van der Waals surface area contributed by atoms with E-state index in [9.17, 15) is 4.79 Å². The van der Waals surface area contributed by atoms with Crippen LogP contribution in [-0.2, 0) is 4.79 Å². The second-order valence-electron chi connectivity index (χ2n) is 3.40. The number of nitrogens with two attached hydrogens (primary N) is 1. The Morgan fingerprint density at radius 1 is 1.58 bits per heavy atom. The quantitative estimate of drug-likeness (QED) is 0.639. The van der Waals surface area contributed by atoms with Crippen LogP contribution in [-0.4, -0.2) is 17.6 Å². The van der Waals surface area contributed by atoms with Gasteiger partial charge in [0, 0.05) is 6.54 Å². The number of rotatable bonds is 6. The Kier molecular flexibility index (Phi) is 5.72. The van der Waals surface area contributed by atoms with Crippen LogP contribution >= 0.6 is 0 Å².